The van der Waals surface area contributed by atoms with Crippen LogP contribution in [0.5, 0.6) is 0 Å². The number of carbonyl (C=O) groups is 2. The molecule has 2 aromatic carbocycles. The van der Waals surface area contributed by atoms with Crippen LogP contribution >= 0.6 is 0 Å². The number of rotatable bonds is 1. The van der Waals surface area contributed by atoms with Gasteiger partial charge in [0.05, 0.1) is 5.57 Å². The van der Waals surface area contributed by atoms with Gasteiger partial charge in [0.15, 0.2) is 5.78 Å². The van der Waals surface area contributed by atoms with Crippen molar-refractivity contribution in [3.63, 3.8) is 0 Å². The Balaban J connectivity index is 1.87. The van der Waals surface area contributed by atoms with E-state index >= 15 is 0 Å². The lowest BCUT2D eigenvalue weighted by Crippen LogP contribution is -2.58. The first-order chi connectivity index (χ1) is 12.9. The van der Waals surface area contributed by atoms with Gasteiger partial charge in [-0.1, -0.05) is 36.4 Å². The predicted octanol–water partition coefficient (Wildman–Crippen LogP) is 2.59. The molecule has 0 unspecified atom stereocenters. The highest BCUT2D eigenvalue weighted by Gasteiger charge is 2.73. The molecule has 5 nitrogen and oxygen atoms in total. The maximum atomic E-state index is 13.2. The van der Waals surface area contributed by atoms with Crippen LogP contribution in [0.15, 0.2) is 59.8 Å². The van der Waals surface area contributed by atoms with E-state index in [0.29, 0.717) is 29.8 Å². The van der Waals surface area contributed by atoms with E-state index < -0.39 is 17.1 Å². The van der Waals surface area contributed by atoms with Crippen molar-refractivity contribution < 1.29 is 19.8 Å². The van der Waals surface area contributed by atoms with E-state index in [1.165, 1.54) is 0 Å². The first-order valence-corrected chi connectivity index (χ1v) is 9.13. The summed E-state index contributed by atoms with van der Waals surface area (Å²) >= 11 is 0. The third kappa shape index (κ3) is 1.76. The molecular formula is C22H19NO4. The van der Waals surface area contributed by atoms with Gasteiger partial charge in [0, 0.05) is 28.9 Å². The van der Waals surface area contributed by atoms with Crippen LogP contribution in [0.3, 0.4) is 0 Å². The SMILES string of the molecule is Cc1cccc(N2C3=C(C(=O)CCC3)[C@]3(O)C(=O)c4ccccc4[C@]23O)c1. The normalized spacial score (nSPS) is 29.1. The highest BCUT2D eigenvalue weighted by Crippen LogP contribution is 2.59. The van der Waals surface area contributed by atoms with Crippen molar-refractivity contribution in [1.29, 1.82) is 0 Å². The summed E-state index contributed by atoms with van der Waals surface area (Å²) in [6.45, 7) is 1.94. The smallest absolute Gasteiger partial charge is 0.211 e. The zero-order valence-corrected chi connectivity index (χ0v) is 14.9. The zero-order valence-electron chi connectivity index (χ0n) is 14.9. The van der Waals surface area contributed by atoms with E-state index in [-0.39, 0.29) is 23.3 Å². The van der Waals surface area contributed by atoms with Gasteiger partial charge >= 0.3 is 0 Å². The first-order valence-electron chi connectivity index (χ1n) is 9.13. The van der Waals surface area contributed by atoms with Crippen molar-refractivity contribution >= 4 is 17.3 Å². The molecule has 0 bridgehead atoms. The number of carbonyl (C=O) groups excluding carboxylic acids is 2. The molecule has 1 heterocycles. The second-order valence-electron chi connectivity index (χ2n) is 7.53. The van der Waals surface area contributed by atoms with Crippen LogP contribution < -0.4 is 4.90 Å². The highest BCUT2D eigenvalue weighted by molar-refractivity contribution is 6.19. The zero-order chi connectivity index (χ0) is 19.0. The molecule has 2 N–H and O–H groups in total. The van der Waals surface area contributed by atoms with Crippen molar-refractivity contribution in [3.05, 3.63) is 76.5 Å². The minimum atomic E-state index is -2.28. The number of anilines is 1. The summed E-state index contributed by atoms with van der Waals surface area (Å²) in [5.74, 6) is -0.882. The Hall–Kier alpha value is -2.76. The van der Waals surface area contributed by atoms with Crippen LogP contribution in [0.1, 0.15) is 40.7 Å². The minimum absolute atomic E-state index is 0.0546. The average molecular weight is 361 g/mol. The molecule has 0 amide bonds. The Morgan fingerprint density at radius 1 is 1.00 bits per heavy atom. The molecule has 3 aliphatic rings. The van der Waals surface area contributed by atoms with Crippen molar-refractivity contribution in [2.24, 2.45) is 0 Å². The van der Waals surface area contributed by atoms with E-state index in [1.807, 2.05) is 31.2 Å². The molecule has 0 fully saturated rings. The van der Waals surface area contributed by atoms with E-state index in [0.717, 1.165) is 5.56 Å². The summed E-state index contributed by atoms with van der Waals surface area (Å²) in [6.07, 6.45) is 1.42. The fourth-order valence-electron chi connectivity index (χ4n) is 4.87. The Kier molecular flexibility index (Phi) is 3.13. The van der Waals surface area contributed by atoms with E-state index in [1.54, 1.807) is 29.2 Å². The lowest BCUT2D eigenvalue weighted by Gasteiger charge is -2.40. The molecular weight excluding hydrogens is 342 g/mol. The maximum absolute atomic E-state index is 13.2. The van der Waals surface area contributed by atoms with Gasteiger partial charge < -0.3 is 15.1 Å². The monoisotopic (exact) mass is 361 g/mol. The maximum Gasteiger partial charge on any atom is 0.211 e. The molecule has 0 saturated carbocycles. The molecule has 5 heteroatoms. The van der Waals surface area contributed by atoms with Crippen molar-refractivity contribution in [1.82, 2.24) is 0 Å². The van der Waals surface area contributed by atoms with Crippen LogP contribution in [0, 0.1) is 6.92 Å². The number of benzene rings is 2. The van der Waals surface area contributed by atoms with Crippen LogP contribution in [-0.4, -0.2) is 27.4 Å². The molecule has 27 heavy (non-hydrogen) atoms. The molecule has 0 saturated heterocycles. The quantitative estimate of drug-likeness (QED) is 0.816. The van der Waals surface area contributed by atoms with E-state index in [4.69, 9.17) is 0 Å². The van der Waals surface area contributed by atoms with E-state index in [9.17, 15) is 19.8 Å². The number of fused-ring (bicyclic) bond motifs is 4. The number of aryl methyl sites for hydroxylation is 1. The van der Waals surface area contributed by atoms with Gasteiger partial charge in [-0.15, -0.1) is 0 Å². The third-order valence-electron chi connectivity index (χ3n) is 5.98. The van der Waals surface area contributed by atoms with Crippen LogP contribution in [0.2, 0.25) is 0 Å². The summed E-state index contributed by atoms with van der Waals surface area (Å²) in [6, 6.07) is 14.2. The lowest BCUT2D eigenvalue weighted by molar-refractivity contribution is -0.123. The number of hydrogen-bond donors (Lipinski definition) is 2. The molecule has 2 aliphatic carbocycles. The topological polar surface area (TPSA) is 77.8 Å². The summed E-state index contributed by atoms with van der Waals surface area (Å²) in [4.78, 5) is 27.6. The summed E-state index contributed by atoms with van der Waals surface area (Å²) in [5.41, 5.74) is -1.49. The second-order valence-corrected chi connectivity index (χ2v) is 7.53. The number of ketones is 2. The van der Waals surface area contributed by atoms with Gasteiger partial charge in [-0.25, -0.2) is 0 Å². The van der Waals surface area contributed by atoms with Gasteiger partial charge in [-0.2, -0.15) is 0 Å². The van der Waals surface area contributed by atoms with Crippen molar-refractivity contribution in [2.45, 2.75) is 37.5 Å². The summed E-state index contributed by atoms with van der Waals surface area (Å²) in [7, 11) is 0. The average Bonchev–Trinajstić information content (AvgIpc) is 2.97. The predicted molar refractivity (Wildman–Crippen MR) is 99.2 cm³/mol. The van der Waals surface area contributed by atoms with E-state index in [2.05, 4.69) is 0 Å². The van der Waals surface area contributed by atoms with Gasteiger partial charge in [0.1, 0.15) is 0 Å². The van der Waals surface area contributed by atoms with Crippen molar-refractivity contribution in [3.8, 4) is 0 Å². The largest absolute Gasteiger partial charge is 0.372 e. The molecule has 1 aliphatic heterocycles. The first kappa shape index (κ1) is 16.4. The van der Waals surface area contributed by atoms with Gasteiger partial charge in [0.2, 0.25) is 17.1 Å². The number of nitrogens with zero attached hydrogens (tertiary/aromatic N) is 1. The summed E-state index contributed by atoms with van der Waals surface area (Å²) in [5, 5.41) is 23.6. The summed E-state index contributed by atoms with van der Waals surface area (Å²) < 4.78 is 0. The molecule has 2 aromatic rings. The van der Waals surface area contributed by atoms with Crippen molar-refractivity contribution in [2.75, 3.05) is 4.90 Å². The van der Waals surface area contributed by atoms with Crippen LogP contribution in [0.25, 0.3) is 0 Å². The fraction of sp³-hybridized carbons (Fsp3) is 0.273. The van der Waals surface area contributed by atoms with Gasteiger partial charge in [0.25, 0.3) is 0 Å². The Bertz CT molecular complexity index is 1060. The van der Waals surface area contributed by atoms with Gasteiger partial charge in [-0.05, 0) is 37.5 Å². The number of allylic oxidation sites excluding steroid dienone is 1. The molecule has 5 rings (SSSR count). The molecule has 136 valence electrons. The Labute approximate surface area is 156 Å². The van der Waals surface area contributed by atoms with Gasteiger partial charge in [-0.3, -0.25) is 9.59 Å². The second kappa shape index (κ2) is 5.15. The Morgan fingerprint density at radius 3 is 2.56 bits per heavy atom. The molecule has 2 atom stereocenters. The molecule has 0 aromatic heterocycles. The van der Waals surface area contributed by atoms with Crippen LogP contribution in [0.4, 0.5) is 5.69 Å². The molecule has 0 radical (unpaired) electrons. The molecule has 0 spiro atoms. The Morgan fingerprint density at radius 2 is 1.78 bits per heavy atom. The van der Waals surface area contributed by atoms with Crippen LogP contribution in [-0.2, 0) is 10.5 Å². The number of hydrogen-bond acceptors (Lipinski definition) is 5. The fourth-order valence-corrected chi connectivity index (χ4v) is 4.87. The standard InChI is InChI=1S/C22H19NO4/c1-13-6-4-7-14(12-13)23-17-10-5-11-18(24)19(17)21(26)20(25)15-8-2-3-9-16(15)22(21,23)27/h2-4,6-9,12,26-27H,5,10-11H2,1H3/t21-,22+/m0/s1. The lowest BCUT2D eigenvalue weighted by atomic mass is 9.80. The third-order valence-corrected chi connectivity index (χ3v) is 5.98. The highest BCUT2D eigenvalue weighted by atomic mass is 16.4. The minimum Gasteiger partial charge on any atom is -0.372 e. The number of aliphatic hydroxyl groups is 2. The number of Topliss-reactive ketones (excluding diaryl/α,β-unsaturated/α-hetero) is 2.